The van der Waals surface area contributed by atoms with Gasteiger partial charge in [-0.25, -0.2) is 9.97 Å². The predicted molar refractivity (Wildman–Crippen MR) is 56.4 cm³/mol. The van der Waals surface area contributed by atoms with Gasteiger partial charge in [-0.3, -0.25) is 0 Å². The third-order valence-corrected chi connectivity index (χ3v) is 2.56. The average Bonchev–Trinajstić information content (AvgIpc) is 2.10. The van der Waals surface area contributed by atoms with Crippen LogP contribution in [0.25, 0.3) is 0 Å². The van der Waals surface area contributed by atoms with E-state index in [4.69, 9.17) is 21.1 Å². The van der Waals surface area contributed by atoms with E-state index in [9.17, 15) is 0 Å². The van der Waals surface area contributed by atoms with Gasteiger partial charge in [-0.15, -0.1) is 0 Å². The fraction of sp³-hybridized carbons (Fsp3) is 0.600. The van der Waals surface area contributed by atoms with Crippen LogP contribution in [0.2, 0.25) is 5.15 Å². The maximum atomic E-state index is 6.01. The molecule has 0 spiro atoms. The van der Waals surface area contributed by atoms with E-state index in [1.54, 1.807) is 0 Å². The molecule has 4 nitrogen and oxygen atoms in total. The minimum Gasteiger partial charge on any atom is -0.469 e. The predicted octanol–water partition coefficient (Wildman–Crippen LogP) is 2.03. The van der Waals surface area contributed by atoms with Crippen LogP contribution in [0, 0.1) is 0 Å². The largest absolute Gasteiger partial charge is 0.469 e. The number of rotatable bonds is 3. The van der Waals surface area contributed by atoms with Gasteiger partial charge in [0.15, 0.2) is 0 Å². The lowest BCUT2D eigenvalue weighted by molar-refractivity contribution is -0.0817. The summed E-state index contributed by atoms with van der Waals surface area (Å²) in [5.74, 6) is 0.827. The van der Waals surface area contributed by atoms with Crippen molar-refractivity contribution in [1.82, 2.24) is 9.97 Å². The molecule has 2 heterocycles. The molecular weight excluding hydrogens is 216 g/mol. The molecule has 1 aromatic heterocycles. The van der Waals surface area contributed by atoms with E-state index in [-0.39, 0.29) is 12.0 Å². The first-order valence-corrected chi connectivity index (χ1v) is 5.31. The lowest BCUT2D eigenvalue weighted by Gasteiger charge is -2.27. The fourth-order valence-electron chi connectivity index (χ4n) is 1.38. The Morgan fingerprint density at radius 3 is 2.73 bits per heavy atom. The maximum Gasteiger partial charge on any atom is 0.221 e. The molecule has 1 fully saturated rings. The van der Waals surface area contributed by atoms with Crippen molar-refractivity contribution in [2.24, 2.45) is 0 Å². The van der Waals surface area contributed by atoms with Gasteiger partial charge < -0.3 is 9.47 Å². The average molecular weight is 229 g/mol. The van der Waals surface area contributed by atoms with E-state index in [1.807, 2.05) is 13.8 Å². The quantitative estimate of drug-likeness (QED) is 0.743. The van der Waals surface area contributed by atoms with Gasteiger partial charge in [0.25, 0.3) is 0 Å². The van der Waals surface area contributed by atoms with Gasteiger partial charge in [-0.05, 0) is 5.92 Å². The van der Waals surface area contributed by atoms with Gasteiger partial charge in [0.1, 0.15) is 17.6 Å². The molecule has 0 aromatic carbocycles. The van der Waals surface area contributed by atoms with E-state index in [0.717, 1.165) is 5.56 Å². The molecule has 15 heavy (non-hydrogen) atoms. The van der Waals surface area contributed by atoms with Gasteiger partial charge in [-0.1, -0.05) is 25.4 Å². The number of aromatic nitrogens is 2. The van der Waals surface area contributed by atoms with Crippen molar-refractivity contribution < 1.29 is 9.47 Å². The van der Waals surface area contributed by atoms with Crippen LogP contribution in [-0.2, 0) is 4.74 Å². The molecule has 0 atom stereocenters. The molecule has 82 valence electrons. The molecule has 0 unspecified atom stereocenters. The van der Waals surface area contributed by atoms with Gasteiger partial charge in [-0.2, -0.15) is 0 Å². The first-order chi connectivity index (χ1) is 7.18. The van der Waals surface area contributed by atoms with Gasteiger partial charge >= 0.3 is 0 Å². The standard InChI is InChI=1S/C10H13ClN2O2/c1-6(2)8-9(11)12-5-13-10(8)15-7-3-14-4-7/h5-7H,3-4H2,1-2H3. The topological polar surface area (TPSA) is 44.2 Å². The highest BCUT2D eigenvalue weighted by molar-refractivity contribution is 6.30. The summed E-state index contributed by atoms with van der Waals surface area (Å²) in [7, 11) is 0. The monoisotopic (exact) mass is 228 g/mol. The smallest absolute Gasteiger partial charge is 0.221 e. The third kappa shape index (κ3) is 2.21. The molecule has 1 aliphatic heterocycles. The lowest BCUT2D eigenvalue weighted by atomic mass is 10.1. The molecule has 2 rings (SSSR count). The highest BCUT2D eigenvalue weighted by Crippen LogP contribution is 2.30. The molecule has 0 bridgehead atoms. The van der Waals surface area contributed by atoms with Crippen LogP contribution >= 0.6 is 11.6 Å². The molecule has 1 aromatic rings. The number of hydrogen-bond acceptors (Lipinski definition) is 4. The fourth-order valence-corrected chi connectivity index (χ4v) is 1.72. The van der Waals surface area contributed by atoms with E-state index < -0.39 is 0 Å². The van der Waals surface area contributed by atoms with Crippen molar-refractivity contribution in [3.8, 4) is 5.88 Å². The summed E-state index contributed by atoms with van der Waals surface area (Å²) in [4.78, 5) is 8.06. The van der Waals surface area contributed by atoms with Crippen molar-refractivity contribution >= 4 is 11.6 Å². The van der Waals surface area contributed by atoms with Crippen LogP contribution in [0.1, 0.15) is 25.3 Å². The SMILES string of the molecule is CC(C)c1c(Cl)ncnc1OC1COC1. The lowest BCUT2D eigenvalue weighted by Crippen LogP contribution is -2.39. The minimum absolute atomic E-state index is 0.105. The summed E-state index contributed by atoms with van der Waals surface area (Å²) in [6.45, 7) is 5.32. The Labute approximate surface area is 93.6 Å². The molecule has 0 N–H and O–H groups in total. The number of hydrogen-bond donors (Lipinski definition) is 0. The zero-order valence-corrected chi connectivity index (χ0v) is 9.49. The van der Waals surface area contributed by atoms with Crippen molar-refractivity contribution in [2.45, 2.75) is 25.9 Å². The summed E-state index contributed by atoms with van der Waals surface area (Å²) in [5, 5.41) is 0.468. The van der Waals surface area contributed by atoms with Crippen LogP contribution in [0.4, 0.5) is 0 Å². The maximum absolute atomic E-state index is 6.01. The first kappa shape index (κ1) is 10.6. The van der Waals surface area contributed by atoms with Crippen molar-refractivity contribution in [2.75, 3.05) is 13.2 Å². The van der Waals surface area contributed by atoms with Gasteiger partial charge in [0.05, 0.1) is 18.8 Å². The Morgan fingerprint density at radius 2 is 2.20 bits per heavy atom. The molecule has 1 aliphatic rings. The summed E-state index contributed by atoms with van der Waals surface area (Å²) < 4.78 is 10.7. The Balaban J connectivity index is 2.23. The van der Waals surface area contributed by atoms with Crippen LogP contribution in [0.3, 0.4) is 0 Å². The molecule has 0 radical (unpaired) electrons. The summed E-state index contributed by atoms with van der Waals surface area (Å²) in [5.41, 5.74) is 0.867. The van der Waals surface area contributed by atoms with E-state index in [1.165, 1.54) is 6.33 Å². The Bertz CT molecular complexity index is 353. The van der Waals surface area contributed by atoms with Crippen LogP contribution in [0.15, 0.2) is 6.33 Å². The Hall–Kier alpha value is -0.870. The van der Waals surface area contributed by atoms with E-state index in [2.05, 4.69) is 9.97 Å². The minimum atomic E-state index is 0.105. The summed E-state index contributed by atoms with van der Waals surface area (Å²) in [6, 6.07) is 0. The van der Waals surface area contributed by atoms with Crippen molar-refractivity contribution in [1.29, 1.82) is 0 Å². The molecule has 0 saturated carbocycles. The molecule has 0 aliphatic carbocycles. The van der Waals surface area contributed by atoms with E-state index in [0.29, 0.717) is 24.2 Å². The first-order valence-electron chi connectivity index (χ1n) is 4.93. The normalized spacial score (nSPS) is 16.5. The van der Waals surface area contributed by atoms with Gasteiger partial charge in [0, 0.05) is 0 Å². The third-order valence-electron chi connectivity index (χ3n) is 2.26. The second kappa shape index (κ2) is 4.33. The second-order valence-electron chi connectivity index (χ2n) is 3.82. The van der Waals surface area contributed by atoms with Gasteiger partial charge in [0.2, 0.25) is 5.88 Å². The number of halogens is 1. The zero-order chi connectivity index (χ0) is 10.8. The number of ether oxygens (including phenoxy) is 2. The Morgan fingerprint density at radius 1 is 1.47 bits per heavy atom. The number of nitrogens with zero attached hydrogens (tertiary/aromatic N) is 2. The summed E-state index contributed by atoms with van der Waals surface area (Å²) in [6.07, 6.45) is 1.52. The summed E-state index contributed by atoms with van der Waals surface area (Å²) >= 11 is 6.01. The highest BCUT2D eigenvalue weighted by atomic mass is 35.5. The molecule has 5 heteroatoms. The molecule has 0 amide bonds. The van der Waals surface area contributed by atoms with Crippen molar-refractivity contribution in [3.63, 3.8) is 0 Å². The van der Waals surface area contributed by atoms with Crippen LogP contribution < -0.4 is 4.74 Å². The Kier molecular flexibility index (Phi) is 3.07. The van der Waals surface area contributed by atoms with Crippen LogP contribution in [0.5, 0.6) is 5.88 Å². The highest BCUT2D eigenvalue weighted by Gasteiger charge is 2.24. The van der Waals surface area contributed by atoms with E-state index >= 15 is 0 Å². The molecule has 1 saturated heterocycles. The van der Waals surface area contributed by atoms with Crippen molar-refractivity contribution in [3.05, 3.63) is 17.0 Å². The van der Waals surface area contributed by atoms with Crippen LogP contribution in [-0.4, -0.2) is 29.3 Å². The zero-order valence-electron chi connectivity index (χ0n) is 8.74. The second-order valence-corrected chi connectivity index (χ2v) is 4.17. The molecular formula is C10H13ClN2O2.